The predicted octanol–water partition coefficient (Wildman–Crippen LogP) is 7.01. The number of nitrogens with zero attached hydrogens (tertiary/aromatic N) is 1. The maximum absolute atomic E-state index is 2.62. The summed E-state index contributed by atoms with van der Waals surface area (Å²) in [5, 5.41) is 0. The minimum atomic E-state index is -2.15. The van der Waals surface area contributed by atoms with E-state index in [1.165, 1.54) is 44.9 Å². The first-order valence-corrected chi connectivity index (χ1v) is 17.6. The molecule has 0 heterocycles. The van der Waals surface area contributed by atoms with Crippen LogP contribution in [0, 0.1) is 0 Å². The molecule has 0 rings (SSSR count). The number of hydrogen-bond acceptors (Lipinski definition) is 1. The van der Waals surface area contributed by atoms with Gasteiger partial charge in [-0.1, -0.05) is 0 Å². The standard InChI is InChI=1S/C8H16N.3C4H9.Sn/c1-4-7-8-9(5-2)6-3;3*1-3-4-2;/h8H,4-6H2,1-3H3;3*1,3-4H2,2H3;. The van der Waals surface area contributed by atoms with Crippen molar-refractivity contribution in [1.82, 2.24) is 4.90 Å². The molecule has 0 amide bonds. The van der Waals surface area contributed by atoms with Gasteiger partial charge in [0.25, 0.3) is 0 Å². The molecular weight excluding hydrogens is 373 g/mol. The number of allylic oxidation sites excluding steroid dienone is 1. The summed E-state index contributed by atoms with van der Waals surface area (Å²) in [7, 11) is 0. The van der Waals surface area contributed by atoms with E-state index < -0.39 is 18.4 Å². The molecule has 0 aromatic rings. The quantitative estimate of drug-likeness (QED) is 0.275. The van der Waals surface area contributed by atoms with Crippen LogP contribution < -0.4 is 0 Å². The van der Waals surface area contributed by atoms with E-state index in [4.69, 9.17) is 0 Å². The molecule has 0 bridgehead atoms. The molecule has 0 aliphatic carbocycles. The molecular formula is C20H43NSn. The predicted molar refractivity (Wildman–Crippen MR) is 106 cm³/mol. The van der Waals surface area contributed by atoms with Crippen molar-refractivity contribution in [2.75, 3.05) is 13.1 Å². The molecule has 2 heteroatoms. The van der Waals surface area contributed by atoms with Crippen molar-refractivity contribution >= 4 is 18.4 Å². The summed E-state index contributed by atoms with van der Waals surface area (Å²) < 4.78 is 6.75. The van der Waals surface area contributed by atoms with Crippen molar-refractivity contribution in [3.63, 3.8) is 0 Å². The van der Waals surface area contributed by atoms with Crippen molar-refractivity contribution in [2.24, 2.45) is 0 Å². The summed E-state index contributed by atoms with van der Waals surface area (Å²) in [5.74, 6) is 0. The van der Waals surface area contributed by atoms with Crippen LogP contribution in [0.15, 0.2) is 9.79 Å². The molecule has 0 aliphatic rings. The molecule has 0 radical (unpaired) electrons. The van der Waals surface area contributed by atoms with Gasteiger partial charge in [-0.2, -0.15) is 0 Å². The van der Waals surface area contributed by atoms with Gasteiger partial charge in [0.05, 0.1) is 0 Å². The van der Waals surface area contributed by atoms with Crippen molar-refractivity contribution in [3.05, 3.63) is 9.79 Å². The minimum absolute atomic E-state index is 1.16. The average molecular weight is 416 g/mol. The molecule has 0 saturated heterocycles. The Hall–Kier alpha value is 0.339. The van der Waals surface area contributed by atoms with Crippen molar-refractivity contribution in [1.29, 1.82) is 0 Å². The molecule has 1 nitrogen and oxygen atoms in total. The molecule has 0 aromatic heterocycles. The van der Waals surface area contributed by atoms with Crippen molar-refractivity contribution in [3.8, 4) is 0 Å². The van der Waals surface area contributed by atoms with Crippen molar-refractivity contribution in [2.45, 2.75) is 99.8 Å². The summed E-state index contributed by atoms with van der Waals surface area (Å²) in [6, 6.07) is 0. The topological polar surface area (TPSA) is 3.24 Å². The third-order valence-electron chi connectivity index (χ3n) is 5.24. The van der Waals surface area contributed by atoms with Crippen LogP contribution in [0.5, 0.6) is 0 Å². The summed E-state index contributed by atoms with van der Waals surface area (Å²) >= 11 is -2.15. The second kappa shape index (κ2) is 13.7. The Kier molecular flexibility index (Phi) is 14.0. The van der Waals surface area contributed by atoms with Crippen LogP contribution >= 0.6 is 0 Å². The summed E-state index contributed by atoms with van der Waals surface area (Å²) in [5.41, 5.74) is 0. The van der Waals surface area contributed by atoms with E-state index in [0.29, 0.717) is 0 Å². The SMILES string of the molecule is CCC[CH2][Sn]([CH2]CCC)([CH2]CCC)/[C](=C\N(CC)CC)CC. The van der Waals surface area contributed by atoms with Crippen LogP contribution in [0.4, 0.5) is 0 Å². The zero-order valence-corrected chi connectivity index (χ0v) is 19.4. The van der Waals surface area contributed by atoms with Gasteiger partial charge in [0, 0.05) is 0 Å². The normalized spacial score (nSPS) is 12.7. The first-order valence-electron chi connectivity index (χ1n) is 10.1. The van der Waals surface area contributed by atoms with Gasteiger partial charge in [-0.3, -0.25) is 0 Å². The van der Waals surface area contributed by atoms with Crippen LogP contribution in [0.25, 0.3) is 0 Å². The molecule has 0 spiro atoms. The number of unbranched alkanes of at least 4 members (excludes halogenated alkanes) is 3. The van der Waals surface area contributed by atoms with Crippen LogP contribution in [0.3, 0.4) is 0 Å². The van der Waals surface area contributed by atoms with E-state index in [1.807, 2.05) is 3.59 Å². The van der Waals surface area contributed by atoms with Gasteiger partial charge in [-0.05, 0) is 0 Å². The maximum atomic E-state index is 2.62. The summed E-state index contributed by atoms with van der Waals surface area (Å²) in [4.78, 5) is 2.55. The fourth-order valence-electron chi connectivity index (χ4n) is 3.63. The van der Waals surface area contributed by atoms with E-state index in [2.05, 4.69) is 52.6 Å². The molecule has 0 atom stereocenters. The second-order valence-electron chi connectivity index (χ2n) is 6.82. The van der Waals surface area contributed by atoms with Crippen molar-refractivity contribution < 1.29 is 0 Å². The van der Waals surface area contributed by atoms with E-state index in [-0.39, 0.29) is 0 Å². The van der Waals surface area contributed by atoms with Gasteiger partial charge in [0.1, 0.15) is 0 Å². The zero-order valence-electron chi connectivity index (χ0n) is 16.5. The molecule has 132 valence electrons. The Morgan fingerprint density at radius 1 is 0.727 bits per heavy atom. The molecule has 0 aliphatic heterocycles. The van der Waals surface area contributed by atoms with Gasteiger partial charge in [0.15, 0.2) is 0 Å². The van der Waals surface area contributed by atoms with Gasteiger partial charge in [-0.25, -0.2) is 0 Å². The Balaban J connectivity index is 5.47. The van der Waals surface area contributed by atoms with E-state index in [9.17, 15) is 0 Å². The Bertz CT molecular complexity index is 260. The van der Waals surface area contributed by atoms with Crippen LogP contribution in [-0.2, 0) is 0 Å². The third kappa shape index (κ3) is 7.74. The first-order chi connectivity index (χ1) is 10.6. The molecule has 0 N–H and O–H groups in total. The fraction of sp³-hybridized carbons (Fsp3) is 0.900. The first kappa shape index (κ1) is 22.3. The van der Waals surface area contributed by atoms with E-state index in [1.54, 1.807) is 13.3 Å². The summed E-state index contributed by atoms with van der Waals surface area (Å²) in [6.07, 6.45) is 12.5. The monoisotopic (exact) mass is 417 g/mol. The molecule has 0 unspecified atom stereocenters. The molecule has 0 saturated carbocycles. The number of rotatable bonds is 14. The third-order valence-corrected chi connectivity index (χ3v) is 21.7. The second-order valence-corrected chi connectivity index (χ2v) is 20.2. The van der Waals surface area contributed by atoms with E-state index >= 15 is 0 Å². The average Bonchev–Trinajstić information content (AvgIpc) is 2.56. The van der Waals surface area contributed by atoms with Gasteiger partial charge in [0.2, 0.25) is 0 Å². The summed E-state index contributed by atoms with van der Waals surface area (Å²) in [6.45, 7) is 16.5. The Labute approximate surface area is 145 Å². The number of hydrogen-bond donors (Lipinski definition) is 0. The zero-order chi connectivity index (χ0) is 16.8. The van der Waals surface area contributed by atoms with E-state index in [0.717, 1.165) is 13.1 Å². The van der Waals surface area contributed by atoms with Crippen LogP contribution in [0.1, 0.15) is 86.5 Å². The molecule has 0 fully saturated rings. The van der Waals surface area contributed by atoms with Gasteiger partial charge < -0.3 is 0 Å². The molecule has 22 heavy (non-hydrogen) atoms. The molecule has 0 aromatic carbocycles. The fourth-order valence-corrected chi connectivity index (χ4v) is 20.8. The Morgan fingerprint density at radius 2 is 1.14 bits per heavy atom. The van der Waals surface area contributed by atoms with Crippen LogP contribution in [0.2, 0.25) is 13.3 Å². The van der Waals surface area contributed by atoms with Gasteiger partial charge >= 0.3 is 146 Å². The van der Waals surface area contributed by atoms with Crippen LogP contribution in [-0.4, -0.2) is 36.4 Å². The van der Waals surface area contributed by atoms with Gasteiger partial charge in [-0.15, -0.1) is 0 Å². The Morgan fingerprint density at radius 3 is 1.41 bits per heavy atom.